The molecule has 0 N–H and O–H groups in total. The standard InChI is InChI=1S/C22H26N2O3S/c1-16-3-6-19(7-4-16)28-17(2)22(25)24-11-9-23(10-12-24)14-18-5-8-20-21(13-18)27-15-26-20/h3-8,13,17H,9-12,14-15H2,1-2H3/t17-/m0/s1. The number of amides is 1. The number of ether oxygens (including phenoxy) is 2. The van der Waals surface area contributed by atoms with Crippen molar-refractivity contribution in [3.8, 4) is 11.5 Å². The van der Waals surface area contributed by atoms with Crippen molar-refractivity contribution in [2.75, 3.05) is 33.0 Å². The minimum Gasteiger partial charge on any atom is -0.454 e. The Hall–Kier alpha value is -2.18. The Balaban J connectivity index is 1.27. The van der Waals surface area contributed by atoms with Gasteiger partial charge < -0.3 is 14.4 Å². The van der Waals surface area contributed by atoms with Crippen LogP contribution in [0.1, 0.15) is 18.1 Å². The lowest BCUT2D eigenvalue weighted by atomic mass is 10.1. The highest BCUT2D eigenvalue weighted by Gasteiger charge is 2.26. The van der Waals surface area contributed by atoms with Crippen molar-refractivity contribution >= 4 is 17.7 Å². The van der Waals surface area contributed by atoms with Crippen LogP contribution in [-0.2, 0) is 11.3 Å². The van der Waals surface area contributed by atoms with Gasteiger partial charge in [0.15, 0.2) is 11.5 Å². The Morgan fingerprint density at radius 2 is 1.75 bits per heavy atom. The van der Waals surface area contributed by atoms with Gasteiger partial charge in [0.25, 0.3) is 0 Å². The third-order valence-corrected chi connectivity index (χ3v) is 6.31. The fraction of sp³-hybridized carbons (Fsp3) is 0.409. The number of rotatable bonds is 5. The van der Waals surface area contributed by atoms with Gasteiger partial charge in [0.05, 0.1) is 5.25 Å². The molecule has 0 radical (unpaired) electrons. The number of piperazine rings is 1. The lowest BCUT2D eigenvalue weighted by Crippen LogP contribution is -2.50. The molecule has 1 fully saturated rings. The number of nitrogens with zero attached hydrogens (tertiary/aromatic N) is 2. The van der Waals surface area contributed by atoms with Gasteiger partial charge in [-0.05, 0) is 43.7 Å². The first-order chi connectivity index (χ1) is 13.6. The molecule has 0 saturated carbocycles. The molecule has 28 heavy (non-hydrogen) atoms. The smallest absolute Gasteiger partial charge is 0.235 e. The summed E-state index contributed by atoms with van der Waals surface area (Å²) in [6.45, 7) is 8.59. The number of hydrogen-bond acceptors (Lipinski definition) is 5. The number of fused-ring (bicyclic) bond motifs is 1. The van der Waals surface area contributed by atoms with Crippen LogP contribution in [0.5, 0.6) is 11.5 Å². The van der Waals surface area contributed by atoms with Crippen LogP contribution in [0.3, 0.4) is 0 Å². The quantitative estimate of drug-likeness (QED) is 0.721. The van der Waals surface area contributed by atoms with Crippen molar-refractivity contribution in [2.45, 2.75) is 30.5 Å². The van der Waals surface area contributed by atoms with Gasteiger partial charge in [-0.2, -0.15) is 0 Å². The zero-order chi connectivity index (χ0) is 19.5. The molecular formula is C22H26N2O3S. The summed E-state index contributed by atoms with van der Waals surface area (Å²) in [5.74, 6) is 1.88. The van der Waals surface area contributed by atoms with Crippen molar-refractivity contribution in [3.63, 3.8) is 0 Å². The molecule has 2 heterocycles. The molecule has 148 valence electrons. The predicted molar refractivity (Wildman–Crippen MR) is 111 cm³/mol. The first-order valence-corrected chi connectivity index (χ1v) is 10.6. The topological polar surface area (TPSA) is 42.0 Å². The number of carbonyl (C=O) groups is 1. The Morgan fingerprint density at radius 1 is 1.04 bits per heavy atom. The Morgan fingerprint density at radius 3 is 2.50 bits per heavy atom. The SMILES string of the molecule is Cc1ccc(S[C@@H](C)C(=O)N2CCN(Cc3ccc4c(c3)OCO4)CC2)cc1. The molecular weight excluding hydrogens is 372 g/mol. The van der Waals surface area contributed by atoms with E-state index in [4.69, 9.17) is 9.47 Å². The zero-order valence-electron chi connectivity index (χ0n) is 16.4. The summed E-state index contributed by atoms with van der Waals surface area (Å²) in [5.41, 5.74) is 2.45. The van der Waals surface area contributed by atoms with E-state index in [2.05, 4.69) is 48.2 Å². The third kappa shape index (κ3) is 4.45. The Kier molecular flexibility index (Phi) is 5.78. The van der Waals surface area contributed by atoms with Crippen LogP contribution in [0.4, 0.5) is 0 Å². The molecule has 1 amide bonds. The molecule has 4 rings (SSSR count). The first-order valence-electron chi connectivity index (χ1n) is 9.71. The van der Waals surface area contributed by atoms with Gasteiger partial charge in [0.1, 0.15) is 0 Å². The predicted octanol–water partition coefficient (Wildman–Crippen LogP) is 3.55. The van der Waals surface area contributed by atoms with E-state index in [1.807, 2.05) is 17.9 Å². The van der Waals surface area contributed by atoms with E-state index in [-0.39, 0.29) is 11.2 Å². The largest absolute Gasteiger partial charge is 0.454 e. The highest BCUT2D eigenvalue weighted by atomic mass is 32.2. The van der Waals surface area contributed by atoms with Crippen LogP contribution in [0.2, 0.25) is 0 Å². The zero-order valence-corrected chi connectivity index (χ0v) is 17.2. The average Bonchev–Trinajstić information content (AvgIpc) is 3.17. The van der Waals surface area contributed by atoms with Crippen LogP contribution in [-0.4, -0.2) is 53.9 Å². The van der Waals surface area contributed by atoms with Crippen molar-refractivity contribution in [1.29, 1.82) is 0 Å². The molecule has 2 aliphatic rings. The lowest BCUT2D eigenvalue weighted by Gasteiger charge is -2.36. The molecule has 2 aromatic carbocycles. The van der Waals surface area contributed by atoms with Crippen LogP contribution in [0, 0.1) is 6.92 Å². The van der Waals surface area contributed by atoms with E-state index in [0.29, 0.717) is 6.79 Å². The van der Waals surface area contributed by atoms with Crippen molar-refractivity contribution in [1.82, 2.24) is 9.80 Å². The fourth-order valence-corrected chi connectivity index (χ4v) is 4.50. The first kappa shape index (κ1) is 19.2. The van der Waals surface area contributed by atoms with E-state index in [1.54, 1.807) is 11.8 Å². The van der Waals surface area contributed by atoms with Gasteiger partial charge >= 0.3 is 0 Å². The molecule has 6 heteroatoms. The van der Waals surface area contributed by atoms with Gasteiger partial charge in [-0.25, -0.2) is 0 Å². The van der Waals surface area contributed by atoms with Gasteiger partial charge in [0.2, 0.25) is 12.7 Å². The molecule has 0 bridgehead atoms. The van der Waals surface area contributed by atoms with E-state index in [0.717, 1.165) is 49.1 Å². The normalized spacial score (nSPS) is 17.6. The number of thioether (sulfide) groups is 1. The van der Waals surface area contributed by atoms with Crippen LogP contribution >= 0.6 is 11.8 Å². The second kappa shape index (κ2) is 8.45. The second-order valence-corrected chi connectivity index (χ2v) is 8.78. The maximum atomic E-state index is 12.8. The Bertz CT molecular complexity index is 832. The Labute approximate surface area is 170 Å². The summed E-state index contributed by atoms with van der Waals surface area (Å²) in [6, 6.07) is 14.5. The number of hydrogen-bond donors (Lipinski definition) is 0. The number of carbonyl (C=O) groups excluding carboxylic acids is 1. The summed E-state index contributed by atoms with van der Waals surface area (Å²) in [5, 5.41) is -0.0666. The van der Waals surface area contributed by atoms with Gasteiger partial charge in [-0.1, -0.05) is 23.8 Å². The monoisotopic (exact) mass is 398 g/mol. The molecule has 0 aromatic heterocycles. The summed E-state index contributed by atoms with van der Waals surface area (Å²) in [6.07, 6.45) is 0. The minimum atomic E-state index is -0.0666. The lowest BCUT2D eigenvalue weighted by molar-refractivity contribution is -0.132. The van der Waals surface area contributed by atoms with E-state index < -0.39 is 0 Å². The highest BCUT2D eigenvalue weighted by Crippen LogP contribution is 2.33. The minimum absolute atomic E-state index is 0.0666. The fourth-order valence-electron chi connectivity index (χ4n) is 3.55. The molecule has 0 aliphatic carbocycles. The molecule has 1 saturated heterocycles. The van der Waals surface area contributed by atoms with E-state index in [1.165, 1.54) is 11.1 Å². The van der Waals surface area contributed by atoms with E-state index in [9.17, 15) is 4.79 Å². The summed E-state index contributed by atoms with van der Waals surface area (Å²) >= 11 is 1.64. The molecule has 2 aromatic rings. The van der Waals surface area contributed by atoms with Gasteiger partial charge in [-0.15, -0.1) is 11.8 Å². The summed E-state index contributed by atoms with van der Waals surface area (Å²) in [7, 11) is 0. The van der Waals surface area contributed by atoms with Crippen molar-refractivity contribution < 1.29 is 14.3 Å². The number of aryl methyl sites for hydroxylation is 1. The maximum absolute atomic E-state index is 12.8. The molecule has 0 spiro atoms. The number of benzene rings is 2. The summed E-state index contributed by atoms with van der Waals surface area (Å²) < 4.78 is 10.8. The summed E-state index contributed by atoms with van der Waals surface area (Å²) in [4.78, 5) is 18.4. The maximum Gasteiger partial charge on any atom is 0.235 e. The third-order valence-electron chi connectivity index (χ3n) is 5.21. The van der Waals surface area contributed by atoms with Crippen LogP contribution in [0.25, 0.3) is 0 Å². The molecule has 0 unspecified atom stereocenters. The molecule has 5 nitrogen and oxygen atoms in total. The van der Waals surface area contributed by atoms with Crippen molar-refractivity contribution in [2.24, 2.45) is 0 Å². The molecule has 2 aliphatic heterocycles. The van der Waals surface area contributed by atoms with Gasteiger partial charge in [0, 0.05) is 37.6 Å². The van der Waals surface area contributed by atoms with E-state index >= 15 is 0 Å². The van der Waals surface area contributed by atoms with Crippen LogP contribution < -0.4 is 9.47 Å². The second-order valence-electron chi connectivity index (χ2n) is 7.36. The van der Waals surface area contributed by atoms with Crippen molar-refractivity contribution in [3.05, 3.63) is 53.6 Å². The molecule has 1 atom stereocenters. The van der Waals surface area contributed by atoms with Crippen LogP contribution in [0.15, 0.2) is 47.4 Å². The average molecular weight is 399 g/mol. The highest BCUT2D eigenvalue weighted by molar-refractivity contribution is 8.00. The van der Waals surface area contributed by atoms with Gasteiger partial charge in [-0.3, -0.25) is 9.69 Å².